The topological polar surface area (TPSA) is 65.3 Å². The van der Waals surface area contributed by atoms with Crippen molar-refractivity contribution in [3.63, 3.8) is 0 Å². The van der Waals surface area contributed by atoms with Gasteiger partial charge in [0.1, 0.15) is 24.0 Å². The molecule has 17 heavy (non-hydrogen) atoms. The molecular formula is C13H16N2O2. The van der Waals surface area contributed by atoms with Crippen molar-refractivity contribution in [2.24, 2.45) is 0 Å². The van der Waals surface area contributed by atoms with Crippen LogP contribution in [0.25, 0.3) is 0 Å². The van der Waals surface area contributed by atoms with E-state index < -0.39 is 5.60 Å². The van der Waals surface area contributed by atoms with Gasteiger partial charge in [0.2, 0.25) is 0 Å². The molecule has 0 saturated carbocycles. The lowest BCUT2D eigenvalue weighted by Crippen LogP contribution is -2.46. The minimum atomic E-state index is -0.770. The lowest BCUT2D eigenvalue weighted by molar-refractivity contribution is -0.0286. The molecule has 0 bridgehead atoms. The standard InChI is InChI=1S/C13H16N2O2/c14-9-11-3-1-2-4-12(11)17-10-13(16)5-7-15-8-6-13/h1-4,15-16H,5-8,10H2. The molecule has 0 amide bonds. The quantitative estimate of drug-likeness (QED) is 0.817. The Labute approximate surface area is 101 Å². The zero-order chi connectivity index (χ0) is 12.1. The van der Waals surface area contributed by atoms with Crippen molar-refractivity contribution >= 4 is 0 Å². The Hall–Kier alpha value is -1.57. The number of benzene rings is 1. The van der Waals surface area contributed by atoms with E-state index >= 15 is 0 Å². The highest BCUT2D eigenvalue weighted by Gasteiger charge is 2.30. The molecule has 1 aromatic rings. The average Bonchev–Trinajstić information content (AvgIpc) is 2.38. The first-order chi connectivity index (χ1) is 8.23. The number of piperidine rings is 1. The largest absolute Gasteiger partial charge is 0.489 e. The number of nitriles is 1. The molecule has 1 aliphatic rings. The maximum atomic E-state index is 10.2. The fraction of sp³-hybridized carbons (Fsp3) is 0.462. The van der Waals surface area contributed by atoms with Gasteiger partial charge in [-0.25, -0.2) is 0 Å². The van der Waals surface area contributed by atoms with Gasteiger partial charge >= 0.3 is 0 Å². The van der Waals surface area contributed by atoms with Crippen LogP contribution in [0.3, 0.4) is 0 Å². The van der Waals surface area contributed by atoms with Gasteiger partial charge in [0.05, 0.1) is 5.56 Å². The second-order valence-corrected chi connectivity index (χ2v) is 4.37. The van der Waals surface area contributed by atoms with Gasteiger partial charge in [-0.2, -0.15) is 5.26 Å². The number of hydrogen-bond acceptors (Lipinski definition) is 4. The van der Waals surface area contributed by atoms with Crippen LogP contribution >= 0.6 is 0 Å². The van der Waals surface area contributed by atoms with Gasteiger partial charge < -0.3 is 15.2 Å². The zero-order valence-corrected chi connectivity index (χ0v) is 9.65. The highest BCUT2D eigenvalue weighted by Crippen LogP contribution is 2.22. The summed E-state index contributed by atoms with van der Waals surface area (Å²) < 4.78 is 5.57. The second-order valence-electron chi connectivity index (χ2n) is 4.37. The first-order valence-electron chi connectivity index (χ1n) is 5.79. The molecule has 0 aliphatic carbocycles. The summed E-state index contributed by atoms with van der Waals surface area (Å²) in [6.07, 6.45) is 1.36. The van der Waals surface area contributed by atoms with Crippen LogP contribution in [0.15, 0.2) is 24.3 Å². The Balaban J connectivity index is 2.00. The van der Waals surface area contributed by atoms with E-state index in [1.165, 1.54) is 0 Å². The Morgan fingerprint density at radius 3 is 2.76 bits per heavy atom. The molecule has 1 aromatic carbocycles. The fourth-order valence-corrected chi connectivity index (χ4v) is 1.93. The number of para-hydroxylation sites is 1. The summed E-state index contributed by atoms with van der Waals surface area (Å²) in [5.74, 6) is 0.543. The first kappa shape index (κ1) is 11.9. The van der Waals surface area contributed by atoms with Gasteiger partial charge in [-0.05, 0) is 38.1 Å². The summed E-state index contributed by atoms with van der Waals surface area (Å²) in [4.78, 5) is 0. The molecule has 0 spiro atoms. The van der Waals surface area contributed by atoms with Crippen molar-refractivity contribution in [3.8, 4) is 11.8 Å². The van der Waals surface area contributed by atoms with E-state index in [1.54, 1.807) is 18.2 Å². The minimum absolute atomic E-state index is 0.243. The molecule has 90 valence electrons. The third kappa shape index (κ3) is 2.96. The van der Waals surface area contributed by atoms with E-state index in [9.17, 15) is 5.11 Å². The Kier molecular flexibility index (Phi) is 3.62. The fourth-order valence-electron chi connectivity index (χ4n) is 1.93. The molecule has 0 atom stereocenters. The van der Waals surface area contributed by atoms with Crippen LogP contribution < -0.4 is 10.1 Å². The Morgan fingerprint density at radius 1 is 1.35 bits per heavy atom. The van der Waals surface area contributed by atoms with Gasteiger partial charge in [0, 0.05) is 0 Å². The predicted octanol–water partition coefficient (Wildman–Crippen LogP) is 1.05. The molecule has 2 N–H and O–H groups in total. The first-order valence-corrected chi connectivity index (χ1v) is 5.79. The molecule has 2 rings (SSSR count). The minimum Gasteiger partial charge on any atom is -0.489 e. The molecular weight excluding hydrogens is 216 g/mol. The molecule has 4 heteroatoms. The third-order valence-corrected chi connectivity index (χ3v) is 3.04. The van der Waals surface area contributed by atoms with Crippen LogP contribution in [-0.4, -0.2) is 30.4 Å². The van der Waals surface area contributed by atoms with Crippen molar-refractivity contribution < 1.29 is 9.84 Å². The van der Waals surface area contributed by atoms with E-state index in [2.05, 4.69) is 11.4 Å². The van der Waals surface area contributed by atoms with Gasteiger partial charge in [0.15, 0.2) is 0 Å². The van der Waals surface area contributed by atoms with Gasteiger partial charge in [-0.1, -0.05) is 12.1 Å². The highest BCUT2D eigenvalue weighted by molar-refractivity contribution is 5.42. The average molecular weight is 232 g/mol. The molecule has 1 fully saturated rings. The molecule has 0 aromatic heterocycles. The number of hydrogen-bond donors (Lipinski definition) is 2. The summed E-state index contributed by atoms with van der Waals surface area (Å²) in [7, 11) is 0. The molecule has 1 heterocycles. The predicted molar refractivity (Wildman–Crippen MR) is 63.7 cm³/mol. The van der Waals surface area contributed by atoms with Crippen molar-refractivity contribution in [2.45, 2.75) is 18.4 Å². The monoisotopic (exact) mass is 232 g/mol. The highest BCUT2D eigenvalue weighted by atomic mass is 16.5. The lowest BCUT2D eigenvalue weighted by atomic mass is 9.93. The van der Waals surface area contributed by atoms with Crippen LogP contribution in [0.2, 0.25) is 0 Å². The Morgan fingerprint density at radius 2 is 2.06 bits per heavy atom. The molecule has 0 unspecified atom stereocenters. The molecule has 1 saturated heterocycles. The Bertz CT molecular complexity index is 420. The van der Waals surface area contributed by atoms with Crippen LogP contribution in [0, 0.1) is 11.3 Å². The summed E-state index contributed by atoms with van der Waals surface area (Å²) in [6.45, 7) is 1.85. The van der Waals surface area contributed by atoms with E-state index in [4.69, 9.17) is 10.00 Å². The van der Waals surface area contributed by atoms with Gasteiger partial charge in [0.25, 0.3) is 0 Å². The number of ether oxygens (including phenoxy) is 1. The molecule has 0 radical (unpaired) electrons. The number of aliphatic hydroxyl groups is 1. The van der Waals surface area contributed by atoms with E-state index in [0.717, 1.165) is 13.1 Å². The van der Waals surface area contributed by atoms with Crippen LogP contribution in [0.4, 0.5) is 0 Å². The number of nitrogens with one attached hydrogen (secondary N) is 1. The van der Waals surface area contributed by atoms with Crippen LogP contribution in [0.1, 0.15) is 18.4 Å². The van der Waals surface area contributed by atoms with Crippen molar-refractivity contribution in [3.05, 3.63) is 29.8 Å². The van der Waals surface area contributed by atoms with Crippen molar-refractivity contribution in [1.29, 1.82) is 5.26 Å². The SMILES string of the molecule is N#Cc1ccccc1OCC1(O)CCNCC1. The van der Waals surface area contributed by atoms with Crippen molar-refractivity contribution in [1.82, 2.24) is 5.32 Å². The number of nitrogens with zero attached hydrogens (tertiary/aromatic N) is 1. The van der Waals surface area contributed by atoms with Gasteiger partial charge in [-0.15, -0.1) is 0 Å². The van der Waals surface area contributed by atoms with E-state index in [0.29, 0.717) is 24.2 Å². The second kappa shape index (κ2) is 5.17. The smallest absolute Gasteiger partial charge is 0.137 e. The normalized spacial score (nSPS) is 18.4. The maximum Gasteiger partial charge on any atom is 0.137 e. The van der Waals surface area contributed by atoms with Crippen molar-refractivity contribution in [2.75, 3.05) is 19.7 Å². The zero-order valence-electron chi connectivity index (χ0n) is 9.65. The summed E-state index contributed by atoms with van der Waals surface area (Å²) in [5.41, 5.74) is -0.265. The summed E-state index contributed by atoms with van der Waals surface area (Å²) in [5, 5.41) is 22.4. The van der Waals surface area contributed by atoms with Crippen LogP contribution in [0.5, 0.6) is 5.75 Å². The van der Waals surface area contributed by atoms with E-state index in [-0.39, 0.29) is 6.61 Å². The molecule has 1 aliphatic heterocycles. The van der Waals surface area contributed by atoms with Gasteiger partial charge in [-0.3, -0.25) is 0 Å². The summed E-state index contributed by atoms with van der Waals surface area (Å²) in [6, 6.07) is 9.16. The number of rotatable bonds is 3. The third-order valence-electron chi connectivity index (χ3n) is 3.04. The van der Waals surface area contributed by atoms with E-state index in [1.807, 2.05) is 6.07 Å². The summed E-state index contributed by atoms with van der Waals surface area (Å²) >= 11 is 0. The lowest BCUT2D eigenvalue weighted by Gasteiger charge is -2.32. The maximum absolute atomic E-state index is 10.2. The molecule has 4 nitrogen and oxygen atoms in total. The van der Waals surface area contributed by atoms with Crippen LogP contribution in [-0.2, 0) is 0 Å².